The van der Waals surface area contributed by atoms with Crippen molar-refractivity contribution in [1.29, 1.82) is 0 Å². The molecule has 0 radical (unpaired) electrons. The average Bonchev–Trinajstić information content (AvgIpc) is 2.39. The maximum Gasteiger partial charge on any atom is 0.146 e. The second-order valence-corrected chi connectivity index (χ2v) is 4.58. The summed E-state index contributed by atoms with van der Waals surface area (Å²) in [4.78, 5) is 0. The number of piperidine rings is 1. The smallest absolute Gasteiger partial charge is 0.146 e. The van der Waals surface area contributed by atoms with Crippen LogP contribution in [0.15, 0.2) is 12.1 Å². The molecule has 1 saturated heterocycles. The SMILES string of the molecule is COc1ccc(C2CCCCN2)c(OC)c1Cl. The van der Waals surface area contributed by atoms with E-state index in [0.29, 0.717) is 16.8 Å². The Morgan fingerprint density at radius 1 is 1.24 bits per heavy atom. The van der Waals surface area contributed by atoms with Gasteiger partial charge in [0.25, 0.3) is 0 Å². The van der Waals surface area contributed by atoms with E-state index in [1.165, 1.54) is 12.8 Å². The van der Waals surface area contributed by atoms with Crippen LogP contribution in [0.1, 0.15) is 30.9 Å². The van der Waals surface area contributed by atoms with Crippen LogP contribution >= 0.6 is 11.6 Å². The third kappa shape index (κ3) is 2.50. The Morgan fingerprint density at radius 2 is 2.06 bits per heavy atom. The summed E-state index contributed by atoms with van der Waals surface area (Å²) < 4.78 is 10.6. The number of methoxy groups -OCH3 is 2. The van der Waals surface area contributed by atoms with Crippen LogP contribution in [0.5, 0.6) is 11.5 Å². The predicted octanol–water partition coefficient (Wildman–Crippen LogP) is 3.17. The van der Waals surface area contributed by atoms with Gasteiger partial charge >= 0.3 is 0 Å². The Morgan fingerprint density at radius 3 is 2.65 bits per heavy atom. The summed E-state index contributed by atoms with van der Waals surface area (Å²) in [5, 5.41) is 4.05. The topological polar surface area (TPSA) is 30.5 Å². The number of rotatable bonds is 3. The van der Waals surface area contributed by atoms with Gasteiger partial charge in [-0.2, -0.15) is 0 Å². The molecule has 1 fully saturated rings. The molecule has 0 spiro atoms. The van der Waals surface area contributed by atoms with Gasteiger partial charge in [-0.15, -0.1) is 0 Å². The minimum absolute atomic E-state index is 0.335. The minimum atomic E-state index is 0.335. The van der Waals surface area contributed by atoms with Gasteiger partial charge in [-0.05, 0) is 31.5 Å². The summed E-state index contributed by atoms with van der Waals surface area (Å²) in [6.45, 7) is 1.05. The first kappa shape index (κ1) is 12.5. The third-order valence-electron chi connectivity index (χ3n) is 3.20. The molecule has 1 atom stereocenters. The number of benzene rings is 1. The molecular formula is C13H18ClNO2. The summed E-state index contributed by atoms with van der Waals surface area (Å²) >= 11 is 6.26. The fourth-order valence-electron chi connectivity index (χ4n) is 2.31. The van der Waals surface area contributed by atoms with Crippen LogP contribution in [0.4, 0.5) is 0 Å². The summed E-state index contributed by atoms with van der Waals surface area (Å²) in [5.74, 6) is 1.38. The van der Waals surface area contributed by atoms with Crippen LogP contribution < -0.4 is 14.8 Å². The Hall–Kier alpha value is -0.930. The van der Waals surface area contributed by atoms with E-state index in [2.05, 4.69) is 5.32 Å². The highest BCUT2D eigenvalue weighted by molar-refractivity contribution is 6.33. The molecule has 1 aliphatic rings. The monoisotopic (exact) mass is 255 g/mol. The van der Waals surface area contributed by atoms with Crippen molar-refractivity contribution >= 4 is 11.6 Å². The molecule has 1 aliphatic heterocycles. The Kier molecular flexibility index (Phi) is 4.13. The first-order valence-electron chi connectivity index (χ1n) is 5.91. The molecule has 0 bridgehead atoms. The van der Waals surface area contributed by atoms with E-state index in [9.17, 15) is 0 Å². The van der Waals surface area contributed by atoms with Crippen LogP contribution in [0.2, 0.25) is 5.02 Å². The van der Waals surface area contributed by atoms with Gasteiger partial charge in [0.1, 0.15) is 16.5 Å². The molecular weight excluding hydrogens is 238 g/mol. The first-order valence-corrected chi connectivity index (χ1v) is 6.29. The summed E-state index contributed by atoms with van der Waals surface area (Å²) in [5.41, 5.74) is 1.12. The number of ether oxygens (including phenoxy) is 2. The van der Waals surface area contributed by atoms with Crippen LogP contribution in [0.3, 0.4) is 0 Å². The number of nitrogens with one attached hydrogen (secondary N) is 1. The molecule has 1 aromatic carbocycles. The lowest BCUT2D eigenvalue weighted by Crippen LogP contribution is -2.27. The predicted molar refractivity (Wildman–Crippen MR) is 69.2 cm³/mol. The van der Waals surface area contributed by atoms with Gasteiger partial charge in [0.15, 0.2) is 0 Å². The van der Waals surface area contributed by atoms with Gasteiger partial charge < -0.3 is 14.8 Å². The number of hydrogen-bond donors (Lipinski definition) is 1. The van der Waals surface area contributed by atoms with Gasteiger partial charge in [0.05, 0.1) is 14.2 Å². The zero-order chi connectivity index (χ0) is 12.3. The maximum absolute atomic E-state index is 6.26. The molecule has 0 amide bonds. The van der Waals surface area contributed by atoms with Crippen molar-refractivity contribution in [2.24, 2.45) is 0 Å². The molecule has 94 valence electrons. The van der Waals surface area contributed by atoms with Gasteiger partial charge in [-0.3, -0.25) is 0 Å². The standard InChI is InChI=1S/C13H18ClNO2/c1-16-11-7-6-9(13(17-2)12(11)14)10-5-3-4-8-15-10/h6-7,10,15H,3-5,8H2,1-2H3. The lowest BCUT2D eigenvalue weighted by atomic mass is 9.96. The molecule has 17 heavy (non-hydrogen) atoms. The van der Waals surface area contributed by atoms with Crippen molar-refractivity contribution in [3.63, 3.8) is 0 Å². The second kappa shape index (κ2) is 5.61. The van der Waals surface area contributed by atoms with Gasteiger partial charge in [-0.1, -0.05) is 18.0 Å². The molecule has 2 rings (SSSR count). The zero-order valence-electron chi connectivity index (χ0n) is 10.3. The van der Waals surface area contributed by atoms with Crippen molar-refractivity contribution in [2.45, 2.75) is 25.3 Å². The average molecular weight is 256 g/mol. The molecule has 3 nitrogen and oxygen atoms in total. The maximum atomic E-state index is 6.26. The van der Waals surface area contributed by atoms with Crippen LogP contribution in [0.25, 0.3) is 0 Å². The second-order valence-electron chi connectivity index (χ2n) is 4.21. The van der Waals surface area contributed by atoms with Crippen LogP contribution in [-0.2, 0) is 0 Å². The Bertz CT molecular complexity index is 389. The fourth-order valence-corrected chi connectivity index (χ4v) is 2.64. The van der Waals surface area contributed by atoms with E-state index < -0.39 is 0 Å². The molecule has 0 aliphatic carbocycles. The first-order chi connectivity index (χ1) is 8.27. The third-order valence-corrected chi connectivity index (χ3v) is 3.56. The fraction of sp³-hybridized carbons (Fsp3) is 0.538. The van der Waals surface area contributed by atoms with E-state index in [1.807, 2.05) is 12.1 Å². The van der Waals surface area contributed by atoms with E-state index in [4.69, 9.17) is 21.1 Å². The highest BCUT2D eigenvalue weighted by atomic mass is 35.5. The summed E-state index contributed by atoms with van der Waals surface area (Å²) in [7, 11) is 3.26. The van der Waals surface area contributed by atoms with Crippen LogP contribution in [0, 0.1) is 0 Å². The highest BCUT2D eigenvalue weighted by Crippen LogP contribution is 2.40. The zero-order valence-corrected chi connectivity index (χ0v) is 11.0. The van der Waals surface area contributed by atoms with Crippen molar-refractivity contribution in [1.82, 2.24) is 5.32 Å². The Labute approximate surface area is 107 Å². The lowest BCUT2D eigenvalue weighted by Gasteiger charge is -2.26. The van der Waals surface area contributed by atoms with Crippen molar-refractivity contribution in [3.05, 3.63) is 22.7 Å². The van der Waals surface area contributed by atoms with Gasteiger partial charge in [0, 0.05) is 11.6 Å². The molecule has 1 N–H and O–H groups in total. The number of hydrogen-bond acceptors (Lipinski definition) is 3. The number of halogens is 1. The lowest BCUT2D eigenvalue weighted by molar-refractivity contribution is 0.367. The van der Waals surface area contributed by atoms with E-state index in [-0.39, 0.29) is 0 Å². The summed E-state index contributed by atoms with van der Waals surface area (Å²) in [6, 6.07) is 4.27. The van der Waals surface area contributed by atoms with Gasteiger partial charge in [-0.25, -0.2) is 0 Å². The normalized spacial score (nSPS) is 20.1. The highest BCUT2D eigenvalue weighted by Gasteiger charge is 2.21. The van der Waals surface area contributed by atoms with E-state index >= 15 is 0 Å². The molecule has 0 saturated carbocycles. The van der Waals surface area contributed by atoms with E-state index in [1.54, 1.807) is 14.2 Å². The van der Waals surface area contributed by atoms with Crippen molar-refractivity contribution < 1.29 is 9.47 Å². The largest absolute Gasteiger partial charge is 0.495 e. The molecule has 1 aromatic rings. The van der Waals surface area contributed by atoms with Gasteiger partial charge in [0.2, 0.25) is 0 Å². The Balaban J connectivity index is 2.35. The molecule has 1 unspecified atom stereocenters. The van der Waals surface area contributed by atoms with E-state index in [0.717, 1.165) is 24.3 Å². The minimum Gasteiger partial charge on any atom is -0.495 e. The molecule has 1 heterocycles. The van der Waals surface area contributed by atoms with Crippen molar-refractivity contribution in [2.75, 3.05) is 20.8 Å². The quantitative estimate of drug-likeness (QED) is 0.900. The molecule has 0 aromatic heterocycles. The van der Waals surface area contributed by atoms with Crippen molar-refractivity contribution in [3.8, 4) is 11.5 Å². The molecule has 4 heteroatoms. The van der Waals surface area contributed by atoms with Crippen LogP contribution in [-0.4, -0.2) is 20.8 Å². The summed E-state index contributed by atoms with van der Waals surface area (Å²) in [6.07, 6.45) is 3.60.